The molecule has 136 valence electrons. The van der Waals surface area contributed by atoms with Gasteiger partial charge in [0.1, 0.15) is 10.9 Å². The summed E-state index contributed by atoms with van der Waals surface area (Å²) in [6, 6.07) is 7.69. The molecule has 1 aromatic heterocycles. The van der Waals surface area contributed by atoms with E-state index >= 15 is 0 Å². The third-order valence-electron chi connectivity index (χ3n) is 4.01. The van der Waals surface area contributed by atoms with Crippen molar-refractivity contribution in [2.24, 2.45) is 0 Å². The number of aromatic nitrogens is 1. The minimum atomic E-state index is -0.664. The molecule has 25 heavy (non-hydrogen) atoms. The van der Waals surface area contributed by atoms with E-state index in [2.05, 4.69) is 24.5 Å². The highest BCUT2D eigenvalue weighted by Crippen LogP contribution is 2.30. The maximum atomic E-state index is 12.4. The van der Waals surface area contributed by atoms with Gasteiger partial charge in [-0.05, 0) is 18.6 Å². The maximum Gasteiger partial charge on any atom is 0.316 e. The normalized spacial score (nSPS) is 12.2. The first-order chi connectivity index (χ1) is 12.1. The van der Waals surface area contributed by atoms with Gasteiger partial charge in [0.25, 0.3) is 0 Å². The van der Waals surface area contributed by atoms with E-state index in [4.69, 9.17) is 4.74 Å². The van der Waals surface area contributed by atoms with Crippen LogP contribution in [0.4, 0.5) is 0 Å². The molecule has 2 aromatic rings. The molecule has 0 saturated heterocycles. The van der Waals surface area contributed by atoms with Gasteiger partial charge in [-0.15, -0.1) is 24.0 Å². The number of para-hydroxylation sites is 1. The number of fused-ring (bicyclic) bond motifs is 1. The van der Waals surface area contributed by atoms with Gasteiger partial charge in [-0.2, -0.15) is 0 Å². The Labute approximate surface area is 158 Å². The second-order valence-electron chi connectivity index (χ2n) is 6.11. The number of rotatable bonds is 11. The van der Waals surface area contributed by atoms with Gasteiger partial charge in [0.05, 0.1) is 16.8 Å². The molecule has 0 fully saturated rings. The molecule has 1 aromatic carbocycles. The molecule has 4 nitrogen and oxygen atoms in total. The van der Waals surface area contributed by atoms with Crippen molar-refractivity contribution >= 4 is 45.3 Å². The Bertz CT molecular complexity index is 666. The van der Waals surface area contributed by atoms with E-state index in [-0.39, 0.29) is 17.5 Å². The van der Waals surface area contributed by atoms with Crippen molar-refractivity contribution in [3.63, 3.8) is 0 Å². The standard InChI is InChI=1S/C19H25NO3S2/c1-2-3-4-5-6-9-12-23-19(22)14(13-17(21)24)18-20-15-10-7-8-11-16(15)25-18/h7-8,10-11,14H,2-6,9,12-13H2,1H3,(H,21,24). The molecular formula is C19H25NO3S2. The van der Waals surface area contributed by atoms with Gasteiger partial charge in [-0.25, -0.2) is 4.98 Å². The molecule has 1 unspecified atom stereocenters. The fraction of sp³-hybridized carbons (Fsp3) is 0.526. The molecular weight excluding hydrogens is 354 g/mol. The van der Waals surface area contributed by atoms with E-state index in [1.54, 1.807) is 0 Å². The average Bonchev–Trinajstić information content (AvgIpc) is 3.02. The lowest BCUT2D eigenvalue weighted by Gasteiger charge is -2.12. The largest absolute Gasteiger partial charge is 0.465 e. The molecule has 0 radical (unpaired) electrons. The Morgan fingerprint density at radius 1 is 1.16 bits per heavy atom. The number of nitrogens with zero attached hydrogens (tertiary/aromatic N) is 1. The van der Waals surface area contributed by atoms with Crippen molar-refractivity contribution in [2.45, 2.75) is 57.8 Å². The topological polar surface area (TPSA) is 56.3 Å². The van der Waals surface area contributed by atoms with Crippen molar-refractivity contribution in [1.82, 2.24) is 4.98 Å². The van der Waals surface area contributed by atoms with Crippen molar-refractivity contribution in [3.05, 3.63) is 29.3 Å². The van der Waals surface area contributed by atoms with Crippen LogP contribution in [0.5, 0.6) is 0 Å². The summed E-state index contributed by atoms with van der Waals surface area (Å²) in [6.07, 6.45) is 6.80. The summed E-state index contributed by atoms with van der Waals surface area (Å²) in [5.74, 6) is -1.04. The highest BCUT2D eigenvalue weighted by atomic mass is 32.1. The molecule has 0 amide bonds. The van der Waals surface area contributed by atoms with Crippen LogP contribution in [0.25, 0.3) is 10.2 Å². The molecule has 0 N–H and O–H groups in total. The van der Waals surface area contributed by atoms with E-state index in [0.29, 0.717) is 11.6 Å². The summed E-state index contributed by atoms with van der Waals surface area (Å²) < 4.78 is 6.40. The van der Waals surface area contributed by atoms with Crippen LogP contribution in [0.1, 0.15) is 62.8 Å². The average molecular weight is 380 g/mol. The molecule has 2 rings (SSSR count). The van der Waals surface area contributed by atoms with Crippen LogP contribution in [0.2, 0.25) is 0 Å². The Morgan fingerprint density at radius 2 is 1.88 bits per heavy atom. The lowest BCUT2D eigenvalue weighted by molar-refractivity contribution is -0.146. The van der Waals surface area contributed by atoms with Crippen LogP contribution in [0.3, 0.4) is 0 Å². The van der Waals surface area contributed by atoms with Crippen molar-refractivity contribution in [1.29, 1.82) is 0 Å². The van der Waals surface area contributed by atoms with E-state index < -0.39 is 5.92 Å². The summed E-state index contributed by atoms with van der Waals surface area (Å²) in [5.41, 5.74) is 0.836. The van der Waals surface area contributed by atoms with Crippen molar-refractivity contribution < 1.29 is 14.3 Å². The van der Waals surface area contributed by atoms with Crippen molar-refractivity contribution in [3.8, 4) is 0 Å². The summed E-state index contributed by atoms with van der Waals surface area (Å²) in [5, 5.41) is 0.289. The summed E-state index contributed by atoms with van der Waals surface area (Å²) in [6.45, 7) is 2.58. The zero-order valence-electron chi connectivity index (χ0n) is 14.6. The second-order valence-corrected chi connectivity index (χ2v) is 7.67. The van der Waals surface area contributed by atoms with Crippen LogP contribution in [-0.2, 0) is 14.3 Å². The Kier molecular flexibility index (Phi) is 8.41. The first-order valence-corrected chi connectivity index (χ1v) is 10.1. The monoisotopic (exact) mass is 379 g/mol. The van der Waals surface area contributed by atoms with Crippen LogP contribution in [0.15, 0.2) is 24.3 Å². The van der Waals surface area contributed by atoms with E-state index in [1.807, 2.05) is 24.3 Å². The number of thiazole rings is 1. The molecule has 1 atom stereocenters. The van der Waals surface area contributed by atoms with Crippen LogP contribution >= 0.6 is 24.0 Å². The van der Waals surface area contributed by atoms with Crippen LogP contribution < -0.4 is 0 Å². The number of hydrogen-bond donors (Lipinski definition) is 1. The number of carbonyl (C=O) groups excluding carboxylic acids is 2. The van der Waals surface area contributed by atoms with Gasteiger partial charge in [0, 0.05) is 6.42 Å². The smallest absolute Gasteiger partial charge is 0.316 e. The van der Waals surface area contributed by atoms with Gasteiger partial charge in [-0.3, -0.25) is 9.59 Å². The fourth-order valence-electron chi connectivity index (χ4n) is 2.64. The van der Waals surface area contributed by atoms with Crippen LogP contribution in [0, 0.1) is 0 Å². The van der Waals surface area contributed by atoms with Gasteiger partial charge in [-0.1, -0.05) is 51.2 Å². The quantitative estimate of drug-likeness (QED) is 0.334. The zero-order valence-corrected chi connectivity index (χ0v) is 16.3. The van der Waals surface area contributed by atoms with E-state index in [9.17, 15) is 9.59 Å². The lowest BCUT2D eigenvalue weighted by Crippen LogP contribution is -2.18. The van der Waals surface area contributed by atoms with Crippen LogP contribution in [-0.4, -0.2) is 22.7 Å². The van der Waals surface area contributed by atoms with Gasteiger partial charge in [0.15, 0.2) is 5.12 Å². The minimum Gasteiger partial charge on any atom is -0.465 e. The summed E-state index contributed by atoms with van der Waals surface area (Å²) in [7, 11) is 0. The second kappa shape index (κ2) is 10.6. The molecule has 0 aliphatic carbocycles. The molecule has 0 saturated carbocycles. The molecule has 0 bridgehead atoms. The maximum absolute atomic E-state index is 12.4. The van der Waals surface area contributed by atoms with Gasteiger partial charge >= 0.3 is 5.97 Å². The number of carbonyl (C=O) groups is 2. The Hall–Kier alpha value is -1.40. The molecule has 0 aliphatic heterocycles. The predicted octanol–water partition coefficient (Wildman–Crippen LogP) is 5.13. The SMILES string of the molecule is CCCCCCCCOC(=O)C(CC(=O)S)c1nc2ccccc2s1. The Morgan fingerprint density at radius 3 is 2.60 bits per heavy atom. The molecule has 0 spiro atoms. The van der Waals surface area contributed by atoms with Gasteiger partial charge < -0.3 is 4.74 Å². The predicted molar refractivity (Wildman–Crippen MR) is 105 cm³/mol. The number of esters is 1. The third kappa shape index (κ3) is 6.44. The number of ether oxygens (including phenoxy) is 1. The number of benzene rings is 1. The number of hydrogen-bond acceptors (Lipinski definition) is 5. The molecule has 1 heterocycles. The molecule has 0 aliphatic rings. The van der Waals surface area contributed by atoms with Crippen molar-refractivity contribution in [2.75, 3.05) is 6.61 Å². The zero-order chi connectivity index (χ0) is 18.1. The first kappa shape index (κ1) is 19.9. The van der Waals surface area contributed by atoms with E-state index in [1.165, 1.54) is 37.0 Å². The summed E-state index contributed by atoms with van der Waals surface area (Å²) >= 11 is 5.26. The molecule has 6 heteroatoms. The Balaban J connectivity index is 1.92. The summed E-state index contributed by atoms with van der Waals surface area (Å²) in [4.78, 5) is 28.4. The van der Waals surface area contributed by atoms with E-state index in [0.717, 1.165) is 23.1 Å². The van der Waals surface area contributed by atoms with Gasteiger partial charge in [0.2, 0.25) is 0 Å². The lowest BCUT2D eigenvalue weighted by atomic mass is 10.1. The highest BCUT2D eigenvalue weighted by molar-refractivity contribution is 7.96. The number of unbranched alkanes of at least 4 members (excludes halogenated alkanes) is 5. The number of thiol groups is 1. The highest BCUT2D eigenvalue weighted by Gasteiger charge is 2.27. The third-order valence-corrected chi connectivity index (χ3v) is 5.35. The fourth-order valence-corrected chi connectivity index (χ4v) is 3.88. The minimum absolute atomic E-state index is 0.0122. The first-order valence-electron chi connectivity index (χ1n) is 8.85.